The largest absolute Gasteiger partial charge is 0.482 e. The molecule has 2 amide bonds. The molecule has 1 aromatic rings. The standard InChI is InChI=1S/C14H14N2O5/c17-11(15-14(5-6-14)13(19)20)7-16-9-3-1-2-4-10(9)21-8-12(16)18/h1-4H,5-8H2,(H,15,17)(H,19,20). The molecule has 1 aliphatic carbocycles. The third kappa shape index (κ3) is 2.42. The number of benzene rings is 1. The zero-order chi connectivity index (χ0) is 15.0. The van der Waals surface area contributed by atoms with Gasteiger partial charge in [0.2, 0.25) is 5.91 Å². The summed E-state index contributed by atoms with van der Waals surface area (Å²) in [6.07, 6.45) is 0.837. The Morgan fingerprint density at radius 2 is 2.05 bits per heavy atom. The van der Waals surface area contributed by atoms with E-state index in [2.05, 4.69) is 5.32 Å². The van der Waals surface area contributed by atoms with E-state index in [0.29, 0.717) is 24.3 Å². The van der Waals surface area contributed by atoms with E-state index >= 15 is 0 Å². The van der Waals surface area contributed by atoms with Gasteiger partial charge in [-0.05, 0) is 25.0 Å². The van der Waals surface area contributed by atoms with Crippen molar-refractivity contribution in [2.24, 2.45) is 0 Å². The molecule has 0 atom stereocenters. The van der Waals surface area contributed by atoms with Gasteiger partial charge in [0, 0.05) is 0 Å². The highest BCUT2D eigenvalue weighted by atomic mass is 16.5. The summed E-state index contributed by atoms with van der Waals surface area (Å²) in [6.45, 7) is -0.345. The molecule has 7 nitrogen and oxygen atoms in total. The smallest absolute Gasteiger partial charge is 0.329 e. The van der Waals surface area contributed by atoms with Crippen molar-refractivity contribution in [3.05, 3.63) is 24.3 Å². The van der Waals surface area contributed by atoms with Crippen LogP contribution >= 0.6 is 0 Å². The molecule has 1 aromatic carbocycles. The van der Waals surface area contributed by atoms with Crippen molar-refractivity contribution in [2.75, 3.05) is 18.1 Å². The first-order chi connectivity index (χ1) is 10.0. The van der Waals surface area contributed by atoms with Gasteiger partial charge in [0.05, 0.1) is 5.69 Å². The first-order valence-corrected chi connectivity index (χ1v) is 6.58. The third-order valence-electron chi connectivity index (χ3n) is 3.65. The SMILES string of the molecule is O=C(CN1C(=O)COc2ccccc21)NC1(C(=O)O)CC1. The van der Waals surface area contributed by atoms with E-state index in [-0.39, 0.29) is 19.1 Å². The summed E-state index contributed by atoms with van der Waals surface area (Å²) in [7, 11) is 0. The molecule has 2 aliphatic rings. The van der Waals surface area contributed by atoms with E-state index in [0.717, 1.165) is 0 Å². The first kappa shape index (κ1) is 13.4. The van der Waals surface area contributed by atoms with Crippen LogP contribution in [0.3, 0.4) is 0 Å². The van der Waals surface area contributed by atoms with Crippen LogP contribution in [0, 0.1) is 0 Å². The number of carbonyl (C=O) groups excluding carboxylic acids is 2. The quantitative estimate of drug-likeness (QED) is 0.822. The van der Waals surface area contributed by atoms with Gasteiger partial charge >= 0.3 is 5.97 Å². The number of nitrogens with zero attached hydrogens (tertiary/aromatic N) is 1. The highest BCUT2D eigenvalue weighted by Gasteiger charge is 2.51. The molecule has 0 radical (unpaired) electrons. The van der Waals surface area contributed by atoms with Gasteiger partial charge in [-0.1, -0.05) is 12.1 Å². The number of amides is 2. The summed E-state index contributed by atoms with van der Waals surface area (Å²) in [4.78, 5) is 36.3. The number of fused-ring (bicyclic) bond motifs is 1. The van der Waals surface area contributed by atoms with Crippen molar-refractivity contribution in [3.63, 3.8) is 0 Å². The number of para-hydroxylation sites is 2. The van der Waals surface area contributed by atoms with E-state index < -0.39 is 17.4 Å². The molecule has 2 N–H and O–H groups in total. The van der Waals surface area contributed by atoms with Gasteiger partial charge in [-0.25, -0.2) is 4.79 Å². The molecule has 1 heterocycles. The highest BCUT2D eigenvalue weighted by Crippen LogP contribution is 2.36. The number of ether oxygens (including phenoxy) is 1. The van der Waals surface area contributed by atoms with Crippen molar-refractivity contribution >= 4 is 23.5 Å². The van der Waals surface area contributed by atoms with Gasteiger partial charge in [-0.3, -0.25) is 14.5 Å². The highest BCUT2D eigenvalue weighted by molar-refractivity contribution is 6.03. The predicted molar refractivity (Wildman–Crippen MR) is 72.0 cm³/mol. The van der Waals surface area contributed by atoms with Crippen LogP contribution in [-0.2, 0) is 14.4 Å². The van der Waals surface area contributed by atoms with Gasteiger partial charge in [0.15, 0.2) is 6.61 Å². The van der Waals surface area contributed by atoms with Crippen LogP contribution in [0.25, 0.3) is 0 Å². The maximum atomic E-state index is 12.0. The Morgan fingerprint density at radius 3 is 2.71 bits per heavy atom. The number of hydrogen-bond acceptors (Lipinski definition) is 4. The number of aliphatic carboxylic acids is 1. The van der Waals surface area contributed by atoms with Gasteiger partial charge < -0.3 is 15.2 Å². The second-order valence-electron chi connectivity index (χ2n) is 5.17. The number of carboxylic acid groups (broad SMARTS) is 1. The second-order valence-corrected chi connectivity index (χ2v) is 5.17. The Kier molecular flexibility index (Phi) is 3.04. The molecule has 1 fully saturated rings. The number of anilines is 1. The zero-order valence-corrected chi connectivity index (χ0v) is 11.2. The molecule has 110 valence electrons. The van der Waals surface area contributed by atoms with E-state index in [1.54, 1.807) is 24.3 Å². The minimum absolute atomic E-state index is 0.131. The number of nitrogens with one attached hydrogen (secondary N) is 1. The molecule has 0 spiro atoms. The Balaban J connectivity index is 1.74. The summed E-state index contributed by atoms with van der Waals surface area (Å²) in [5.74, 6) is -1.32. The molecular formula is C14H14N2O5. The number of carbonyl (C=O) groups is 3. The molecule has 3 rings (SSSR count). The number of hydrogen-bond donors (Lipinski definition) is 2. The van der Waals surface area contributed by atoms with Crippen molar-refractivity contribution in [1.29, 1.82) is 0 Å². The molecule has 0 aromatic heterocycles. The first-order valence-electron chi connectivity index (χ1n) is 6.58. The summed E-state index contributed by atoms with van der Waals surface area (Å²) >= 11 is 0. The monoisotopic (exact) mass is 290 g/mol. The molecule has 21 heavy (non-hydrogen) atoms. The summed E-state index contributed by atoms with van der Waals surface area (Å²) in [5.41, 5.74) is -0.629. The van der Waals surface area contributed by atoms with Crippen LogP contribution in [0.2, 0.25) is 0 Å². The van der Waals surface area contributed by atoms with Crippen LogP contribution in [0.15, 0.2) is 24.3 Å². The van der Waals surface area contributed by atoms with Crippen molar-refractivity contribution in [2.45, 2.75) is 18.4 Å². The third-order valence-corrected chi connectivity index (χ3v) is 3.65. The van der Waals surface area contributed by atoms with Crippen LogP contribution in [-0.4, -0.2) is 41.6 Å². The van der Waals surface area contributed by atoms with Crippen molar-refractivity contribution in [3.8, 4) is 5.75 Å². The van der Waals surface area contributed by atoms with Gasteiger partial charge in [0.25, 0.3) is 5.91 Å². The van der Waals surface area contributed by atoms with Crippen LogP contribution < -0.4 is 15.0 Å². The van der Waals surface area contributed by atoms with Crippen molar-refractivity contribution in [1.82, 2.24) is 5.32 Å². The maximum absolute atomic E-state index is 12.0. The average molecular weight is 290 g/mol. The second kappa shape index (κ2) is 4.76. The minimum Gasteiger partial charge on any atom is -0.482 e. The predicted octanol–water partition coefficient (Wildman–Crippen LogP) is 0.145. The molecule has 1 saturated carbocycles. The van der Waals surface area contributed by atoms with Crippen LogP contribution in [0.1, 0.15) is 12.8 Å². The zero-order valence-electron chi connectivity index (χ0n) is 11.2. The molecule has 7 heteroatoms. The minimum atomic E-state index is -1.15. The maximum Gasteiger partial charge on any atom is 0.329 e. The Morgan fingerprint density at radius 1 is 1.33 bits per heavy atom. The Bertz CT molecular complexity index is 624. The lowest BCUT2D eigenvalue weighted by atomic mass is 10.2. The lowest BCUT2D eigenvalue weighted by molar-refractivity contribution is -0.143. The van der Waals surface area contributed by atoms with Crippen LogP contribution in [0.5, 0.6) is 5.75 Å². The number of carboxylic acids is 1. The summed E-state index contributed by atoms with van der Waals surface area (Å²) in [5, 5.41) is 11.5. The van der Waals surface area contributed by atoms with Gasteiger partial charge in [0.1, 0.15) is 17.8 Å². The fourth-order valence-electron chi connectivity index (χ4n) is 2.29. The van der Waals surface area contributed by atoms with E-state index in [1.165, 1.54) is 4.90 Å². The lowest BCUT2D eigenvalue weighted by Gasteiger charge is -2.29. The average Bonchev–Trinajstić information content (AvgIpc) is 3.23. The molecule has 1 aliphatic heterocycles. The summed E-state index contributed by atoms with van der Waals surface area (Å²) in [6, 6.07) is 6.91. The Hall–Kier alpha value is -2.57. The molecular weight excluding hydrogens is 276 g/mol. The van der Waals surface area contributed by atoms with E-state index in [1.807, 2.05) is 0 Å². The Labute approximate surface area is 120 Å². The normalized spacial score (nSPS) is 18.5. The molecule has 0 saturated heterocycles. The molecule has 0 bridgehead atoms. The fourth-order valence-corrected chi connectivity index (χ4v) is 2.29. The van der Waals surface area contributed by atoms with E-state index in [4.69, 9.17) is 9.84 Å². The fraction of sp³-hybridized carbons (Fsp3) is 0.357. The summed E-state index contributed by atoms with van der Waals surface area (Å²) < 4.78 is 5.28. The van der Waals surface area contributed by atoms with Crippen molar-refractivity contribution < 1.29 is 24.2 Å². The number of rotatable bonds is 4. The van der Waals surface area contributed by atoms with Crippen LogP contribution in [0.4, 0.5) is 5.69 Å². The topological polar surface area (TPSA) is 95.9 Å². The van der Waals surface area contributed by atoms with Gasteiger partial charge in [-0.2, -0.15) is 0 Å². The lowest BCUT2D eigenvalue weighted by Crippen LogP contribution is -2.50. The molecule has 0 unspecified atom stereocenters. The van der Waals surface area contributed by atoms with Gasteiger partial charge in [-0.15, -0.1) is 0 Å². The van der Waals surface area contributed by atoms with E-state index in [9.17, 15) is 14.4 Å².